The van der Waals surface area contributed by atoms with Crippen LogP contribution < -0.4 is 15.4 Å². The number of carbonyl (C=O) groups is 3. The van der Waals surface area contributed by atoms with Crippen LogP contribution in [0.3, 0.4) is 0 Å². The zero-order chi connectivity index (χ0) is 26.7. The largest absolute Gasteiger partial charge is 0.497 e. The van der Waals surface area contributed by atoms with Gasteiger partial charge in [0.05, 0.1) is 18.7 Å². The molecule has 9 nitrogen and oxygen atoms in total. The Morgan fingerprint density at radius 3 is 2.46 bits per heavy atom. The van der Waals surface area contributed by atoms with Crippen molar-refractivity contribution in [3.05, 3.63) is 30.0 Å². The minimum absolute atomic E-state index is 0.0279. The van der Waals surface area contributed by atoms with Crippen LogP contribution >= 0.6 is 0 Å². The normalized spacial score (nSPS) is 20.5. The maximum atomic E-state index is 13.8. The first kappa shape index (κ1) is 27.0. The Morgan fingerprint density at radius 2 is 1.81 bits per heavy atom. The number of piperazine rings is 1. The minimum atomic E-state index is -0.526. The number of aryl methyl sites for hydroxylation is 1. The Bertz CT molecular complexity index is 1140. The summed E-state index contributed by atoms with van der Waals surface area (Å²) in [7, 11) is 5.26. The lowest BCUT2D eigenvalue weighted by Crippen LogP contribution is -2.62. The smallest absolute Gasteiger partial charge is 0.270 e. The van der Waals surface area contributed by atoms with Crippen molar-refractivity contribution in [1.82, 2.24) is 25.0 Å². The fourth-order valence-electron chi connectivity index (χ4n) is 5.71. The van der Waals surface area contributed by atoms with Crippen LogP contribution in [0, 0.1) is 5.92 Å². The Morgan fingerprint density at radius 1 is 1.08 bits per heavy atom. The maximum Gasteiger partial charge on any atom is 0.270 e. The van der Waals surface area contributed by atoms with Gasteiger partial charge in [0.1, 0.15) is 17.5 Å². The first-order valence-corrected chi connectivity index (χ1v) is 13.5. The fraction of sp³-hybridized carbons (Fsp3) is 0.607. The van der Waals surface area contributed by atoms with Gasteiger partial charge in [-0.1, -0.05) is 19.3 Å². The molecule has 1 aromatic heterocycles. The lowest BCUT2D eigenvalue weighted by molar-refractivity contribution is -0.142. The summed E-state index contributed by atoms with van der Waals surface area (Å²) in [5, 5.41) is 7.01. The molecule has 2 heterocycles. The average Bonchev–Trinajstić information content (AvgIpc) is 3.26. The highest BCUT2D eigenvalue weighted by atomic mass is 16.5. The molecule has 0 radical (unpaired) electrons. The van der Waals surface area contributed by atoms with Gasteiger partial charge in [-0.25, -0.2) is 0 Å². The van der Waals surface area contributed by atoms with E-state index in [1.807, 2.05) is 52.6 Å². The van der Waals surface area contributed by atoms with Gasteiger partial charge in [-0.3, -0.25) is 14.4 Å². The number of rotatable bonds is 7. The van der Waals surface area contributed by atoms with Crippen LogP contribution in [0.2, 0.25) is 0 Å². The standard InChI is InChI=1S/C28H41N5O4/c1-18-17-32(27(35)24-15-21-11-12-22(37-5)16-23(21)31(24)4)13-14-33(18)28(36)25(20-9-7-6-8-10-20)30-26(34)19(2)29-3/h11-12,15-16,18-20,25,29H,6-10,13-14,17H2,1-5H3,(H,30,34)/t18?,19?,25-/m0/s1. The number of likely N-dealkylation sites (N-methyl/N-ethyl adjacent to an activating group) is 1. The number of nitrogens with zero attached hydrogens (tertiary/aromatic N) is 3. The van der Waals surface area contributed by atoms with Gasteiger partial charge in [0.2, 0.25) is 11.8 Å². The van der Waals surface area contributed by atoms with Crippen molar-refractivity contribution < 1.29 is 19.1 Å². The lowest BCUT2D eigenvalue weighted by atomic mass is 9.83. The van der Waals surface area contributed by atoms with Gasteiger partial charge in [-0.2, -0.15) is 0 Å². The van der Waals surface area contributed by atoms with Crippen LogP contribution in [0.4, 0.5) is 0 Å². The lowest BCUT2D eigenvalue weighted by Gasteiger charge is -2.43. The van der Waals surface area contributed by atoms with Gasteiger partial charge in [0, 0.05) is 44.2 Å². The van der Waals surface area contributed by atoms with E-state index in [1.165, 1.54) is 6.42 Å². The molecule has 202 valence electrons. The Kier molecular flexibility index (Phi) is 8.42. The Hall–Kier alpha value is -3.07. The van der Waals surface area contributed by atoms with Crippen molar-refractivity contribution in [2.45, 2.75) is 64.1 Å². The number of hydrogen-bond acceptors (Lipinski definition) is 5. The van der Waals surface area contributed by atoms with Crippen LogP contribution in [0.5, 0.6) is 5.75 Å². The summed E-state index contributed by atoms with van der Waals surface area (Å²) >= 11 is 0. The van der Waals surface area contributed by atoms with Crippen LogP contribution in [-0.2, 0) is 16.6 Å². The van der Waals surface area contributed by atoms with E-state index in [-0.39, 0.29) is 35.7 Å². The van der Waals surface area contributed by atoms with E-state index in [9.17, 15) is 14.4 Å². The van der Waals surface area contributed by atoms with Crippen LogP contribution in [0.15, 0.2) is 24.3 Å². The molecular formula is C28H41N5O4. The molecule has 4 rings (SSSR count). The topological polar surface area (TPSA) is 95.9 Å². The molecule has 1 saturated heterocycles. The van der Waals surface area contributed by atoms with Gasteiger partial charge in [-0.15, -0.1) is 0 Å². The van der Waals surface area contributed by atoms with E-state index in [0.29, 0.717) is 25.3 Å². The second kappa shape index (κ2) is 11.5. The van der Waals surface area contributed by atoms with E-state index >= 15 is 0 Å². The van der Waals surface area contributed by atoms with Gasteiger partial charge >= 0.3 is 0 Å². The SMILES string of the molecule is CNC(C)C(=O)N[C@H](C(=O)N1CCN(C(=O)c2cc3ccc(OC)cc3n2C)CC1C)C1CCCCC1. The number of nitrogens with one attached hydrogen (secondary N) is 2. The van der Waals surface area contributed by atoms with E-state index in [0.717, 1.165) is 42.3 Å². The first-order valence-electron chi connectivity index (χ1n) is 13.5. The number of hydrogen-bond donors (Lipinski definition) is 2. The van der Waals surface area contributed by atoms with Gasteiger partial charge in [-0.05, 0) is 57.9 Å². The van der Waals surface area contributed by atoms with Crippen LogP contribution in [-0.4, -0.2) is 84.0 Å². The van der Waals surface area contributed by atoms with Gasteiger partial charge < -0.3 is 29.7 Å². The number of ether oxygens (including phenoxy) is 1. The summed E-state index contributed by atoms with van der Waals surface area (Å²) in [5.74, 6) is 0.669. The van der Waals surface area contributed by atoms with Crippen molar-refractivity contribution in [2.75, 3.05) is 33.8 Å². The second-order valence-electron chi connectivity index (χ2n) is 10.5. The highest BCUT2D eigenvalue weighted by Crippen LogP contribution is 2.29. The number of benzene rings is 1. The molecule has 2 aromatic rings. The van der Waals surface area contributed by atoms with Crippen LogP contribution in [0.25, 0.3) is 10.9 Å². The molecule has 3 atom stereocenters. The average molecular weight is 512 g/mol. The summed E-state index contributed by atoms with van der Waals surface area (Å²) in [5.41, 5.74) is 1.55. The molecule has 1 aliphatic carbocycles. The molecule has 0 bridgehead atoms. The zero-order valence-corrected chi connectivity index (χ0v) is 22.8. The maximum absolute atomic E-state index is 13.8. The molecule has 2 unspecified atom stereocenters. The number of amides is 3. The van der Waals surface area contributed by atoms with Crippen molar-refractivity contribution in [1.29, 1.82) is 0 Å². The monoisotopic (exact) mass is 511 g/mol. The predicted molar refractivity (Wildman–Crippen MR) is 144 cm³/mol. The number of aromatic nitrogens is 1. The number of methoxy groups -OCH3 is 1. The van der Waals surface area contributed by atoms with Gasteiger partial charge in [0.15, 0.2) is 0 Å². The predicted octanol–water partition coefficient (Wildman–Crippen LogP) is 2.53. The number of fused-ring (bicyclic) bond motifs is 1. The van der Waals surface area contributed by atoms with E-state index in [2.05, 4.69) is 10.6 Å². The summed E-state index contributed by atoms with van der Waals surface area (Å²) in [6, 6.07) is 6.65. The Balaban J connectivity index is 1.48. The van der Waals surface area contributed by atoms with Gasteiger partial charge in [0.25, 0.3) is 5.91 Å². The third-order valence-electron chi connectivity index (χ3n) is 8.18. The summed E-state index contributed by atoms with van der Waals surface area (Å²) in [6.07, 6.45) is 5.24. The molecular weight excluding hydrogens is 470 g/mol. The van der Waals surface area contributed by atoms with Crippen LogP contribution in [0.1, 0.15) is 56.4 Å². The highest BCUT2D eigenvalue weighted by molar-refractivity contribution is 5.99. The van der Waals surface area contributed by atoms with Crippen molar-refractivity contribution in [2.24, 2.45) is 13.0 Å². The van der Waals surface area contributed by atoms with Crippen molar-refractivity contribution in [3.8, 4) is 5.75 Å². The first-order chi connectivity index (χ1) is 17.7. The molecule has 2 N–H and O–H groups in total. The number of carbonyl (C=O) groups excluding carboxylic acids is 3. The third-order valence-corrected chi connectivity index (χ3v) is 8.18. The third kappa shape index (κ3) is 5.61. The Labute approximate surface area is 219 Å². The van der Waals surface area contributed by atoms with E-state index in [4.69, 9.17) is 4.74 Å². The molecule has 9 heteroatoms. The van der Waals surface area contributed by atoms with Crippen molar-refractivity contribution >= 4 is 28.6 Å². The van der Waals surface area contributed by atoms with Crippen molar-refractivity contribution in [3.63, 3.8) is 0 Å². The molecule has 2 aliphatic rings. The molecule has 1 saturated carbocycles. The molecule has 0 spiro atoms. The van der Waals surface area contributed by atoms with E-state index in [1.54, 1.807) is 21.1 Å². The fourth-order valence-corrected chi connectivity index (χ4v) is 5.71. The molecule has 37 heavy (non-hydrogen) atoms. The molecule has 3 amide bonds. The molecule has 2 fully saturated rings. The summed E-state index contributed by atoms with van der Waals surface area (Å²) in [4.78, 5) is 43.7. The summed E-state index contributed by atoms with van der Waals surface area (Å²) < 4.78 is 7.24. The summed E-state index contributed by atoms with van der Waals surface area (Å²) in [6.45, 7) is 5.14. The van der Waals surface area contributed by atoms with E-state index < -0.39 is 6.04 Å². The minimum Gasteiger partial charge on any atom is -0.497 e. The zero-order valence-electron chi connectivity index (χ0n) is 22.8. The molecule has 1 aromatic carbocycles. The highest BCUT2D eigenvalue weighted by Gasteiger charge is 2.38. The molecule has 1 aliphatic heterocycles. The quantitative estimate of drug-likeness (QED) is 0.596. The second-order valence-corrected chi connectivity index (χ2v) is 10.5.